The van der Waals surface area contributed by atoms with Gasteiger partial charge in [-0.1, -0.05) is 11.6 Å². The van der Waals surface area contributed by atoms with Gasteiger partial charge in [0.15, 0.2) is 0 Å². The number of hydrogen-bond acceptors (Lipinski definition) is 3. The molecule has 1 aliphatic heterocycles. The fourth-order valence-corrected chi connectivity index (χ4v) is 2.35. The number of primary amides is 1. The van der Waals surface area contributed by atoms with Crippen molar-refractivity contribution in [2.75, 3.05) is 23.7 Å². The van der Waals surface area contributed by atoms with Crippen molar-refractivity contribution in [2.45, 2.75) is 13.3 Å². The van der Waals surface area contributed by atoms with Gasteiger partial charge in [-0.05, 0) is 19.4 Å². The van der Waals surface area contributed by atoms with Gasteiger partial charge < -0.3 is 16.4 Å². The van der Waals surface area contributed by atoms with Crippen LogP contribution in [0.3, 0.4) is 0 Å². The summed E-state index contributed by atoms with van der Waals surface area (Å²) in [5.41, 5.74) is 11.5. The van der Waals surface area contributed by atoms with Gasteiger partial charge in [-0.2, -0.15) is 0 Å². The summed E-state index contributed by atoms with van der Waals surface area (Å²) < 4.78 is 13.2. The first kappa shape index (κ1) is 13.0. The summed E-state index contributed by atoms with van der Waals surface area (Å²) in [6.45, 7) is 2.93. The van der Waals surface area contributed by atoms with Gasteiger partial charge in [0.1, 0.15) is 5.82 Å². The van der Waals surface area contributed by atoms with E-state index in [-0.39, 0.29) is 10.9 Å². The van der Waals surface area contributed by atoms with E-state index in [9.17, 15) is 9.18 Å². The van der Waals surface area contributed by atoms with Crippen LogP contribution in [0.4, 0.5) is 15.8 Å². The van der Waals surface area contributed by atoms with Crippen molar-refractivity contribution in [2.24, 2.45) is 11.1 Å². The maximum Gasteiger partial charge on any atom is 0.225 e. The molecule has 0 spiro atoms. The number of benzene rings is 1. The van der Waals surface area contributed by atoms with E-state index in [4.69, 9.17) is 23.1 Å². The number of hydrogen-bond donors (Lipinski definition) is 2. The van der Waals surface area contributed by atoms with Crippen LogP contribution in [0.25, 0.3) is 0 Å². The molecule has 1 aliphatic rings. The molecule has 0 saturated carbocycles. The molecule has 2 rings (SSSR count). The van der Waals surface area contributed by atoms with Crippen molar-refractivity contribution in [3.05, 3.63) is 23.0 Å². The third kappa shape index (κ3) is 2.10. The number of anilines is 2. The molecule has 1 saturated heterocycles. The van der Waals surface area contributed by atoms with E-state index in [2.05, 4.69) is 0 Å². The number of carbonyl (C=O) groups is 1. The first-order valence-electron chi connectivity index (χ1n) is 5.63. The lowest BCUT2D eigenvalue weighted by Gasteiger charge is -2.24. The summed E-state index contributed by atoms with van der Waals surface area (Å²) in [4.78, 5) is 13.3. The average molecular weight is 272 g/mol. The van der Waals surface area contributed by atoms with Crippen molar-refractivity contribution in [3.8, 4) is 0 Å². The smallest absolute Gasteiger partial charge is 0.225 e. The molecule has 0 aliphatic carbocycles. The van der Waals surface area contributed by atoms with Crippen LogP contribution < -0.4 is 16.4 Å². The molecule has 1 heterocycles. The normalized spacial score (nSPS) is 23.4. The van der Waals surface area contributed by atoms with Crippen LogP contribution in [0.2, 0.25) is 5.02 Å². The van der Waals surface area contributed by atoms with Gasteiger partial charge in [-0.25, -0.2) is 4.39 Å². The minimum absolute atomic E-state index is 0.0203. The van der Waals surface area contributed by atoms with Crippen molar-refractivity contribution in [1.82, 2.24) is 0 Å². The van der Waals surface area contributed by atoms with Crippen LogP contribution in [0.1, 0.15) is 13.3 Å². The first-order valence-corrected chi connectivity index (χ1v) is 6.01. The molecule has 0 radical (unpaired) electrons. The first-order chi connectivity index (χ1) is 8.33. The van der Waals surface area contributed by atoms with Gasteiger partial charge in [-0.3, -0.25) is 4.79 Å². The van der Waals surface area contributed by atoms with Crippen LogP contribution in [0.5, 0.6) is 0 Å². The van der Waals surface area contributed by atoms with E-state index in [0.29, 0.717) is 30.9 Å². The van der Waals surface area contributed by atoms with Crippen LogP contribution in [-0.2, 0) is 4.79 Å². The topological polar surface area (TPSA) is 72.4 Å². The highest BCUT2D eigenvalue weighted by molar-refractivity contribution is 6.31. The van der Waals surface area contributed by atoms with E-state index in [0.717, 1.165) is 0 Å². The zero-order chi connectivity index (χ0) is 13.5. The van der Waals surface area contributed by atoms with Crippen LogP contribution in [0.15, 0.2) is 12.1 Å². The Morgan fingerprint density at radius 1 is 1.56 bits per heavy atom. The van der Waals surface area contributed by atoms with Crippen LogP contribution >= 0.6 is 11.6 Å². The molecule has 6 heteroatoms. The SMILES string of the molecule is CC1(C(N)=O)CCN(c2cc(Cl)c(F)cc2N)C1. The Morgan fingerprint density at radius 2 is 2.22 bits per heavy atom. The number of halogens is 2. The van der Waals surface area contributed by atoms with E-state index in [1.165, 1.54) is 12.1 Å². The zero-order valence-electron chi connectivity index (χ0n) is 10.0. The molecule has 0 bridgehead atoms. The molecule has 4 N–H and O–H groups in total. The van der Waals surface area contributed by atoms with Crippen LogP contribution in [0, 0.1) is 11.2 Å². The Kier molecular flexibility index (Phi) is 3.11. The molecule has 0 aromatic heterocycles. The largest absolute Gasteiger partial charge is 0.397 e. The number of nitrogen functional groups attached to an aromatic ring is 1. The van der Waals surface area contributed by atoms with Crippen molar-refractivity contribution in [3.63, 3.8) is 0 Å². The Labute approximate surface area is 110 Å². The maximum absolute atomic E-state index is 13.2. The maximum atomic E-state index is 13.2. The second-order valence-corrected chi connectivity index (χ2v) is 5.33. The molecule has 98 valence electrons. The standard InChI is InChI=1S/C12H15ClFN3O/c1-12(11(16)18)2-3-17(6-12)10-4-7(13)8(14)5-9(10)15/h4-5H,2-3,6,15H2,1H3,(H2,16,18). The lowest BCUT2D eigenvalue weighted by Crippen LogP contribution is -2.37. The summed E-state index contributed by atoms with van der Waals surface area (Å²) in [6.07, 6.45) is 0.650. The Balaban J connectivity index is 2.30. The Bertz CT molecular complexity index is 508. The minimum atomic E-state index is -0.576. The van der Waals surface area contributed by atoms with Gasteiger partial charge in [0.25, 0.3) is 0 Å². The molecule has 1 fully saturated rings. The quantitative estimate of drug-likeness (QED) is 0.805. The molecule has 1 aromatic carbocycles. The van der Waals surface area contributed by atoms with Gasteiger partial charge in [0, 0.05) is 19.2 Å². The molecule has 1 atom stereocenters. The zero-order valence-corrected chi connectivity index (χ0v) is 10.8. The number of carbonyl (C=O) groups excluding carboxylic acids is 1. The molecule has 1 unspecified atom stereocenters. The molecule has 1 amide bonds. The van der Waals surface area contributed by atoms with E-state index in [1.54, 1.807) is 0 Å². The summed E-state index contributed by atoms with van der Waals surface area (Å²) in [7, 11) is 0. The molecular formula is C12H15ClFN3O. The van der Waals surface area contributed by atoms with Gasteiger partial charge in [0.2, 0.25) is 5.91 Å². The highest BCUT2D eigenvalue weighted by Crippen LogP contribution is 2.37. The lowest BCUT2D eigenvalue weighted by atomic mass is 9.89. The highest BCUT2D eigenvalue weighted by atomic mass is 35.5. The fraction of sp³-hybridized carbons (Fsp3) is 0.417. The Hall–Kier alpha value is -1.49. The van der Waals surface area contributed by atoms with Crippen molar-refractivity contribution >= 4 is 28.9 Å². The third-order valence-electron chi connectivity index (χ3n) is 3.48. The van der Waals surface area contributed by atoms with Crippen LogP contribution in [-0.4, -0.2) is 19.0 Å². The Morgan fingerprint density at radius 3 is 2.78 bits per heavy atom. The number of amides is 1. The summed E-state index contributed by atoms with van der Waals surface area (Å²) in [5, 5.41) is 0.0203. The summed E-state index contributed by atoms with van der Waals surface area (Å²) >= 11 is 5.75. The predicted octanol–water partition coefficient (Wildman–Crippen LogP) is 1.76. The molecular weight excluding hydrogens is 257 g/mol. The van der Waals surface area contributed by atoms with E-state index < -0.39 is 11.2 Å². The second-order valence-electron chi connectivity index (χ2n) is 4.92. The second kappa shape index (κ2) is 4.31. The molecule has 18 heavy (non-hydrogen) atoms. The number of nitrogens with two attached hydrogens (primary N) is 2. The monoisotopic (exact) mass is 271 g/mol. The van der Waals surface area contributed by atoms with Gasteiger partial charge >= 0.3 is 0 Å². The van der Waals surface area contributed by atoms with Gasteiger partial charge in [0.05, 0.1) is 21.8 Å². The molecule has 1 aromatic rings. The minimum Gasteiger partial charge on any atom is -0.397 e. The predicted molar refractivity (Wildman–Crippen MR) is 70.0 cm³/mol. The van der Waals surface area contributed by atoms with Gasteiger partial charge in [-0.15, -0.1) is 0 Å². The molecule has 4 nitrogen and oxygen atoms in total. The third-order valence-corrected chi connectivity index (χ3v) is 3.77. The number of nitrogens with zero attached hydrogens (tertiary/aromatic N) is 1. The van der Waals surface area contributed by atoms with Crippen molar-refractivity contribution in [1.29, 1.82) is 0 Å². The van der Waals surface area contributed by atoms with E-state index >= 15 is 0 Å². The summed E-state index contributed by atoms with van der Waals surface area (Å²) in [6, 6.07) is 2.68. The summed E-state index contributed by atoms with van der Waals surface area (Å²) in [5.74, 6) is -0.883. The number of rotatable bonds is 2. The fourth-order valence-electron chi connectivity index (χ4n) is 2.19. The highest BCUT2D eigenvalue weighted by Gasteiger charge is 2.39. The lowest BCUT2D eigenvalue weighted by molar-refractivity contribution is -0.125. The average Bonchev–Trinajstić information content (AvgIpc) is 2.68. The van der Waals surface area contributed by atoms with Crippen molar-refractivity contribution < 1.29 is 9.18 Å². The van der Waals surface area contributed by atoms with E-state index in [1.807, 2.05) is 11.8 Å².